The molecule has 2 heteroatoms. The smallest absolute Gasteiger partial charge is 0.0842 e. The Hall–Kier alpha value is -1.67. The number of hydrogen-bond donors (Lipinski definition) is 1. The molecule has 0 saturated heterocycles. The molecule has 1 aromatic carbocycles. The van der Waals surface area contributed by atoms with Crippen LogP contribution in [0.5, 0.6) is 0 Å². The van der Waals surface area contributed by atoms with E-state index in [0.29, 0.717) is 5.92 Å². The molecular weight excluding hydrogens is 222 g/mol. The van der Waals surface area contributed by atoms with Crippen LogP contribution in [0.2, 0.25) is 0 Å². The van der Waals surface area contributed by atoms with E-state index < -0.39 is 6.10 Å². The largest absolute Gasteiger partial charge is 0.388 e. The van der Waals surface area contributed by atoms with Crippen LogP contribution >= 0.6 is 0 Å². The Bertz CT molecular complexity index is 571. The molecule has 1 aromatic heterocycles. The maximum absolute atomic E-state index is 10.6. The second kappa shape index (κ2) is 4.91. The molecule has 1 aliphatic rings. The van der Waals surface area contributed by atoms with Crippen molar-refractivity contribution in [1.29, 1.82) is 0 Å². The fourth-order valence-electron chi connectivity index (χ4n) is 2.72. The van der Waals surface area contributed by atoms with E-state index in [1.165, 1.54) is 0 Å². The monoisotopic (exact) mass is 239 g/mol. The minimum absolute atomic E-state index is 0.322. The molecule has 0 radical (unpaired) electrons. The average Bonchev–Trinajstić information content (AvgIpc) is 2.47. The first kappa shape index (κ1) is 11.4. The van der Waals surface area contributed by atoms with Crippen molar-refractivity contribution in [3.63, 3.8) is 0 Å². The molecule has 2 atom stereocenters. The quantitative estimate of drug-likeness (QED) is 0.812. The zero-order valence-electron chi connectivity index (χ0n) is 10.3. The lowest BCUT2D eigenvalue weighted by molar-refractivity contribution is 0.104. The van der Waals surface area contributed by atoms with Gasteiger partial charge < -0.3 is 5.11 Å². The van der Waals surface area contributed by atoms with Crippen LogP contribution in [-0.2, 0) is 0 Å². The van der Waals surface area contributed by atoms with Gasteiger partial charge in [-0.3, -0.25) is 4.98 Å². The molecule has 0 aliphatic heterocycles. The van der Waals surface area contributed by atoms with Gasteiger partial charge in [0.1, 0.15) is 0 Å². The van der Waals surface area contributed by atoms with Crippen molar-refractivity contribution in [2.45, 2.75) is 25.4 Å². The Balaban J connectivity index is 2.00. The average molecular weight is 239 g/mol. The van der Waals surface area contributed by atoms with Gasteiger partial charge in [0.2, 0.25) is 0 Å². The van der Waals surface area contributed by atoms with E-state index in [1.807, 2.05) is 30.3 Å². The number of pyridine rings is 1. The van der Waals surface area contributed by atoms with E-state index >= 15 is 0 Å². The van der Waals surface area contributed by atoms with Crippen molar-refractivity contribution < 1.29 is 5.11 Å². The molecule has 0 bridgehead atoms. The van der Waals surface area contributed by atoms with Crippen LogP contribution in [-0.4, -0.2) is 10.1 Å². The fourth-order valence-corrected chi connectivity index (χ4v) is 2.72. The van der Waals surface area contributed by atoms with E-state index in [1.54, 1.807) is 6.20 Å². The third kappa shape index (κ3) is 2.04. The molecule has 0 amide bonds. The number of nitrogens with zero attached hydrogens (tertiary/aromatic N) is 1. The van der Waals surface area contributed by atoms with Gasteiger partial charge in [-0.05, 0) is 31.2 Å². The summed E-state index contributed by atoms with van der Waals surface area (Å²) in [5.41, 5.74) is 1.90. The zero-order chi connectivity index (χ0) is 12.4. The number of fused-ring (bicyclic) bond motifs is 1. The lowest BCUT2D eigenvalue weighted by Crippen LogP contribution is -2.14. The molecule has 2 aromatic rings. The normalized spacial score (nSPS) is 21.1. The molecular formula is C16H17NO. The predicted octanol–water partition coefficient (Wildman–Crippen LogP) is 3.62. The van der Waals surface area contributed by atoms with Gasteiger partial charge >= 0.3 is 0 Å². The van der Waals surface area contributed by atoms with Gasteiger partial charge in [-0.2, -0.15) is 0 Å². The summed E-state index contributed by atoms with van der Waals surface area (Å²) in [6, 6.07) is 10.0. The Labute approximate surface area is 107 Å². The lowest BCUT2D eigenvalue weighted by atomic mass is 9.85. The topological polar surface area (TPSA) is 33.1 Å². The fraction of sp³-hybridized carbons (Fsp3) is 0.312. The van der Waals surface area contributed by atoms with Crippen LogP contribution in [0.4, 0.5) is 0 Å². The van der Waals surface area contributed by atoms with Crippen molar-refractivity contribution in [3.8, 4) is 0 Å². The summed E-state index contributed by atoms with van der Waals surface area (Å²) < 4.78 is 0. The van der Waals surface area contributed by atoms with Gasteiger partial charge in [-0.15, -0.1) is 0 Å². The molecule has 2 nitrogen and oxygen atoms in total. The van der Waals surface area contributed by atoms with Gasteiger partial charge in [0.15, 0.2) is 0 Å². The second-order valence-corrected chi connectivity index (χ2v) is 4.91. The number of para-hydroxylation sites is 1. The number of aliphatic hydroxyl groups excluding tert-OH is 1. The first-order valence-electron chi connectivity index (χ1n) is 6.53. The molecule has 1 N–H and O–H groups in total. The minimum atomic E-state index is -0.409. The SMILES string of the molecule is OC(c1cccc2cccnc12)C1CC=CCC1. The van der Waals surface area contributed by atoms with Crippen LogP contribution in [0.1, 0.15) is 30.9 Å². The third-order valence-corrected chi connectivity index (χ3v) is 3.74. The molecule has 2 unspecified atom stereocenters. The summed E-state index contributed by atoms with van der Waals surface area (Å²) in [6.07, 6.45) is 8.85. The van der Waals surface area contributed by atoms with Crippen molar-refractivity contribution in [3.05, 3.63) is 54.2 Å². The van der Waals surface area contributed by atoms with Gasteiger partial charge in [0.25, 0.3) is 0 Å². The molecule has 1 aliphatic carbocycles. The highest BCUT2D eigenvalue weighted by molar-refractivity contribution is 5.81. The zero-order valence-corrected chi connectivity index (χ0v) is 10.3. The van der Waals surface area contributed by atoms with Crippen LogP contribution in [0.15, 0.2) is 48.7 Å². The molecule has 1 heterocycles. The summed E-state index contributed by atoms with van der Waals surface area (Å²) in [7, 11) is 0. The summed E-state index contributed by atoms with van der Waals surface area (Å²) in [5.74, 6) is 0.322. The number of allylic oxidation sites excluding steroid dienone is 2. The molecule has 3 rings (SSSR count). The van der Waals surface area contributed by atoms with Crippen molar-refractivity contribution in [1.82, 2.24) is 4.98 Å². The van der Waals surface area contributed by atoms with Gasteiger partial charge in [0, 0.05) is 17.1 Å². The second-order valence-electron chi connectivity index (χ2n) is 4.91. The van der Waals surface area contributed by atoms with Crippen LogP contribution in [0.3, 0.4) is 0 Å². The number of hydrogen-bond acceptors (Lipinski definition) is 2. The first-order valence-corrected chi connectivity index (χ1v) is 6.53. The van der Waals surface area contributed by atoms with E-state index in [-0.39, 0.29) is 0 Å². The van der Waals surface area contributed by atoms with Crippen LogP contribution in [0.25, 0.3) is 10.9 Å². The van der Waals surface area contributed by atoms with Crippen molar-refractivity contribution in [2.75, 3.05) is 0 Å². The van der Waals surface area contributed by atoms with Gasteiger partial charge in [-0.25, -0.2) is 0 Å². The van der Waals surface area contributed by atoms with Crippen LogP contribution in [0, 0.1) is 5.92 Å². The van der Waals surface area contributed by atoms with Crippen molar-refractivity contribution in [2.24, 2.45) is 5.92 Å². The number of aliphatic hydroxyl groups is 1. The Morgan fingerprint density at radius 2 is 2.06 bits per heavy atom. The minimum Gasteiger partial charge on any atom is -0.388 e. The molecule has 0 fully saturated rings. The number of benzene rings is 1. The van der Waals surface area contributed by atoms with Crippen molar-refractivity contribution >= 4 is 10.9 Å². The van der Waals surface area contributed by atoms with E-state index in [2.05, 4.69) is 17.1 Å². The summed E-state index contributed by atoms with van der Waals surface area (Å²) >= 11 is 0. The highest BCUT2D eigenvalue weighted by atomic mass is 16.3. The Morgan fingerprint density at radius 1 is 1.17 bits per heavy atom. The Kier molecular flexibility index (Phi) is 3.11. The summed E-state index contributed by atoms with van der Waals surface area (Å²) in [6.45, 7) is 0. The molecule has 18 heavy (non-hydrogen) atoms. The summed E-state index contributed by atoms with van der Waals surface area (Å²) in [5, 5.41) is 11.7. The molecule has 0 spiro atoms. The lowest BCUT2D eigenvalue weighted by Gasteiger charge is -2.24. The molecule has 0 saturated carbocycles. The highest BCUT2D eigenvalue weighted by Gasteiger charge is 2.22. The number of rotatable bonds is 2. The number of aromatic nitrogens is 1. The highest BCUT2D eigenvalue weighted by Crippen LogP contribution is 2.34. The third-order valence-electron chi connectivity index (χ3n) is 3.74. The Morgan fingerprint density at radius 3 is 2.89 bits per heavy atom. The van der Waals surface area contributed by atoms with E-state index in [4.69, 9.17) is 0 Å². The maximum Gasteiger partial charge on any atom is 0.0842 e. The maximum atomic E-state index is 10.6. The van der Waals surface area contributed by atoms with Gasteiger partial charge in [-0.1, -0.05) is 36.4 Å². The predicted molar refractivity (Wildman–Crippen MR) is 73.2 cm³/mol. The van der Waals surface area contributed by atoms with Crippen LogP contribution < -0.4 is 0 Å². The standard InChI is InChI=1S/C16H17NO/c18-16(13-6-2-1-3-7-13)14-10-4-8-12-9-5-11-17-15(12)14/h1-2,4-5,8-11,13,16,18H,3,6-7H2. The van der Waals surface area contributed by atoms with Gasteiger partial charge in [0.05, 0.1) is 11.6 Å². The van der Waals surface area contributed by atoms with E-state index in [9.17, 15) is 5.11 Å². The molecule has 92 valence electrons. The first-order chi connectivity index (χ1) is 8.86. The van der Waals surface area contributed by atoms with E-state index in [0.717, 1.165) is 35.7 Å². The summed E-state index contributed by atoms with van der Waals surface area (Å²) in [4.78, 5) is 4.42.